The molecule has 0 saturated carbocycles. The quantitative estimate of drug-likeness (QED) is 0.547. The van der Waals surface area contributed by atoms with E-state index in [-0.39, 0.29) is 0 Å². The fourth-order valence-electron chi connectivity index (χ4n) is 1.33. The van der Waals surface area contributed by atoms with Crippen molar-refractivity contribution in [2.45, 2.75) is 26.7 Å². The van der Waals surface area contributed by atoms with Gasteiger partial charge in [-0.1, -0.05) is 43.1 Å². The van der Waals surface area contributed by atoms with E-state index < -0.39 is 0 Å². The van der Waals surface area contributed by atoms with Gasteiger partial charge in [-0.05, 0) is 18.4 Å². The lowest BCUT2D eigenvalue weighted by atomic mass is 9.88. The summed E-state index contributed by atoms with van der Waals surface area (Å²) in [6.45, 7) is 4.41. The normalized spacial score (nSPS) is 10.0. The molecular weight excluding hydrogens is 131 g/mol. The minimum atomic E-state index is 1.15. The van der Waals surface area contributed by atoms with E-state index in [0.29, 0.717) is 0 Å². The molecule has 0 radical (unpaired) electrons. The van der Waals surface area contributed by atoms with Gasteiger partial charge in [-0.25, -0.2) is 0 Å². The lowest BCUT2D eigenvalue weighted by Crippen LogP contribution is -2.09. The summed E-state index contributed by atoms with van der Waals surface area (Å²) in [5.41, 5.74) is 4.36. The van der Waals surface area contributed by atoms with Crippen LogP contribution in [0.4, 0.5) is 0 Å². The second-order valence-electron chi connectivity index (χ2n) is 2.97. The molecule has 1 heteroatoms. The van der Waals surface area contributed by atoms with Crippen LogP contribution in [-0.2, 0) is 12.8 Å². The van der Waals surface area contributed by atoms with Crippen molar-refractivity contribution >= 4 is 13.3 Å². The van der Waals surface area contributed by atoms with E-state index in [1.165, 1.54) is 16.6 Å². The topological polar surface area (TPSA) is 0 Å². The molecule has 0 aliphatic rings. The van der Waals surface area contributed by atoms with Gasteiger partial charge in [0.2, 0.25) is 0 Å². The molecule has 0 saturated heterocycles. The third kappa shape index (κ3) is 1.86. The number of hydrogen-bond acceptors (Lipinski definition) is 0. The summed E-state index contributed by atoms with van der Waals surface area (Å²) in [6, 6.07) is 6.75. The van der Waals surface area contributed by atoms with Gasteiger partial charge in [0.1, 0.15) is 7.85 Å². The highest BCUT2D eigenvalue weighted by molar-refractivity contribution is 6.33. The Morgan fingerprint density at radius 2 is 1.91 bits per heavy atom. The second-order valence-corrected chi connectivity index (χ2v) is 2.97. The van der Waals surface area contributed by atoms with Crippen LogP contribution in [0.1, 0.15) is 25.0 Å². The minimum absolute atomic E-state index is 1.15. The Balaban J connectivity index is 3.02. The summed E-state index contributed by atoms with van der Waals surface area (Å²) >= 11 is 0. The largest absolute Gasteiger partial charge is 0.139 e. The highest BCUT2D eigenvalue weighted by atomic mass is 14.0. The smallest absolute Gasteiger partial charge is 0.0858 e. The first-order valence-corrected chi connectivity index (χ1v) is 4.36. The molecule has 11 heavy (non-hydrogen) atoms. The van der Waals surface area contributed by atoms with Crippen LogP contribution in [-0.4, -0.2) is 7.85 Å². The molecule has 0 N–H and O–H groups in total. The lowest BCUT2D eigenvalue weighted by molar-refractivity contribution is 1.10. The van der Waals surface area contributed by atoms with Gasteiger partial charge in [0.25, 0.3) is 0 Å². The van der Waals surface area contributed by atoms with Gasteiger partial charge in [-0.2, -0.15) is 0 Å². The SMILES string of the molecule is Bc1ccc(CC)cc1CC. The molecule has 1 rings (SSSR count). The van der Waals surface area contributed by atoms with Crippen molar-refractivity contribution in [3.8, 4) is 0 Å². The molecule has 0 nitrogen and oxygen atoms in total. The zero-order chi connectivity index (χ0) is 8.27. The number of aryl methyl sites for hydroxylation is 2. The molecule has 0 aromatic heterocycles. The lowest BCUT2D eigenvalue weighted by Gasteiger charge is -2.04. The fourth-order valence-corrected chi connectivity index (χ4v) is 1.33. The van der Waals surface area contributed by atoms with Crippen LogP contribution < -0.4 is 5.46 Å². The zero-order valence-electron chi connectivity index (χ0n) is 7.65. The maximum atomic E-state index is 2.31. The molecule has 0 bridgehead atoms. The summed E-state index contributed by atoms with van der Waals surface area (Å²) in [5, 5.41) is 0. The van der Waals surface area contributed by atoms with E-state index in [0.717, 1.165) is 12.8 Å². The van der Waals surface area contributed by atoms with Crippen molar-refractivity contribution in [2.24, 2.45) is 0 Å². The summed E-state index contributed by atoms with van der Waals surface area (Å²) in [6.07, 6.45) is 2.30. The standard InChI is InChI=1S/C10H15B/c1-3-8-5-6-10(11)9(4-2)7-8/h5-7H,3-4,11H2,1-2H3. The van der Waals surface area contributed by atoms with E-state index in [1.54, 1.807) is 0 Å². The molecule has 0 aliphatic carbocycles. The average Bonchev–Trinajstić information content (AvgIpc) is 2.05. The number of hydrogen-bond donors (Lipinski definition) is 0. The van der Waals surface area contributed by atoms with Gasteiger partial charge in [0.05, 0.1) is 0 Å². The van der Waals surface area contributed by atoms with Crippen LogP contribution in [0.3, 0.4) is 0 Å². The van der Waals surface area contributed by atoms with E-state index in [1.807, 2.05) is 0 Å². The van der Waals surface area contributed by atoms with Gasteiger partial charge in [0, 0.05) is 0 Å². The first-order valence-electron chi connectivity index (χ1n) is 4.36. The van der Waals surface area contributed by atoms with Crippen LogP contribution in [0.5, 0.6) is 0 Å². The molecule has 1 aromatic carbocycles. The molecule has 0 spiro atoms. The van der Waals surface area contributed by atoms with Crippen molar-refractivity contribution in [3.05, 3.63) is 29.3 Å². The molecule has 0 heterocycles. The van der Waals surface area contributed by atoms with Gasteiger partial charge in [-0.3, -0.25) is 0 Å². The van der Waals surface area contributed by atoms with Crippen molar-refractivity contribution in [1.82, 2.24) is 0 Å². The molecule has 0 amide bonds. The van der Waals surface area contributed by atoms with Crippen LogP contribution in [0.15, 0.2) is 18.2 Å². The van der Waals surface area contributed by atoms with Crippen LogP contribution in [0.25, 0.3) is 0 Å². The summed E-state index contributed by atoms with van der Waals surface area (Å²) < 4.78 is 0. The number of benzene rings is 1. The third-order valence-corrected chi connectivity index (χ3v) is 2.20. The van der Waals surface area contributed by atoms with E-state index >= 15 is 0 Å². The molecular formula is C10H15B. The Kier molecular flexibility index (Phi) is 2.75. The monoisotopic (exact) mass is 146 g/mol. The zero-order valence-corrected chi connectivity index (χ0v) is 7.65. The Labute approximate surface area is 70.0 Å². The Bertz CT molecular complexity index is 241. The highest BCUT2D eigenvalue weighted by Gasteiger charge is 1.95. The van der Waals surface area contributed by atoms with Crippen LogP contribution >= 0.6 is 0 Å². The van der Waals surface area contributed by atoms with Crippen LogP contribution in [0, 0.1) is 0 Å². The predicted molar refractivity (Wildman–Crippen MR) is 53.4 cm³/mol. The summed E-state index contributed by atoms with van der Waals surface area (Å²) in [5.74, 6) is 0. The highest BCUT2D eigenvalue weighted by Crippen LogP contribution is 2.03. The Morgan fingerprint density at radius 3 is 2.45 bits per heavy atom. The van der Waals surface area contributed by atoms with Crippen molar-refractivity contribution < 1.29 is 0 Å². The Hall–Kier alpha value is -0.715. The van der Waals surface area contributed by atoms with E-state index in [4.69, 9.17) is 0 Å². The first kappa shape index (κ1) is 8.38. The van der Waals surface area contributed by atoms with Gasteiger partial charge >= 0.3 is 0 Å². The van der Waals surface area contributed by atoms with Crippen LogP contribution in [0.2, 0.25) is 0 Å². The first-order chi connectivity index (χ1) is 5.27. The number of rotatable bonds is 2. The van der Waals surface area contributed by atoms with E-state index in [2.05, 4.69) is 39.9 Å². The summed E-state index contributed by atoms with van der Waals surface area (Å²) in [7, 11) is 2.18. The molecule has 0 aliphatic heterocycles. The predicted octanol–water partition coefficient (Wildman–Crippen LogP) is 1.07. The molecule has 1 aromatic rings. The van der Waals surface area contributed by atoms with Crippen molar-refractivity contribution in [2.75, 3.05) is 0 Å². The maximum absolute atomic E-state index is 2.31. The van der Waals surface area contributed by atoms with E-state index in [9.17, 15) is 0 Å². The van der Waals surface area contributed by atoms with Crippen molar-refractivity contribution in [3.63, 3.8) is 0 Å². The fraction of sp³-hybridized carbons (Fsp3) is 0.400. The minimum Gasteiger partial charge on any atom is -0.0858 e. The van der Waals surface area contributed by atoms with Gasteiger partial charge in [-0.15, -0.1) is 0 Å². The van der Waals surface area contributed by atoms with Gasteiger partial charge in [0.15, 0.2) is 0 Å². The average molecular weight is 146 g/mol. The second kappa shape index (κ2) is 3.61. The Morgan fingerprint density at radius 1 is 1.18 bits per heavy atom. The maximum Gasteiger partial charge on any atom is 0.139 e. The van der Waals surface area contributed by atoms with Gasteiger partial charge < -0.3 is 0 Å². The third-order valence-electron chi connectivity index (χ3n) is 2.20. The molecule has 0 unspecified atom stereocenters. The molecule has 0 fully saturated rings. The van der Waals surface area contributed by atoms with Crippen molar-refractivity contribution in [1.29, 1.82) is 0 Å². The molecule has 0 atom stereocenters. The molecule has 58 valence electrons. The summed E-state index contributed by atoms with van der Waals surface area (Å²) in [4.78, 5) is 0.